The van der Waals surface area contributed by atoms with Gasteiger partial charge >= 0.3 is 0 Å². The van der Waals surface area contributed by atoms with Gasteiger partial charge in [0.2, 0.25) is 16.0 Å². The van der Waals surface area contributed by atoms with E-state index in [1.54, 1.807) is 34.9 Å². The van der Waals surface area contributed by atoms with Crippen molar-refractivity contribution in [3.63, 3.8) is 0 Å². The van der Waals surface area contributed by atoms with Crippen molar-refractivity contribution in [2.24, 2.45) is 0 Å². The Labute approximate surface area is 143 Å². The van der Waals surface area contributed by atoms with Crippen LogP contribution in [0.15, 0.2) is 41.6 Å². The van der Waals surface area contributed by atoms with Crippen molar-refractivity contribution in [3.05, 3.63) is 47.8 Å². The van der Waals surface area contributed by atoms with Gasteiger partial charge in [-0.2, -0.15) is 4.31 Å². The molecular formula is C17H22N4O2S. The van der Waals surface area contributed by atoms with E-state index in [4.69, 9.17) is 0 Å². The number of benzene rings is 1. The van der Waals surface area contributed by atoms with E-state index in [2.05, 4.69) is 9.97 Å². The lowest BCUT2D eigenvalue weighted by Crippen LogP contribution is -2.35. The van der Waals surface area contributed by atoms with Crippen LogP contribution in [0.25, 0.3) is 0 Å². The molecule has 2 aromatic rings. The summed E-state index contributed by atoms with van der Waals surface area (Å²) in [6.07, 6.45) is 4.16. The van der Waals surface area contributed by atoms with Gasteiger partial charge in [0, 0.05) is 38.6 Å². The zero-order valence-corrected chi connectivity index (χ0v) is 14.8. The summed E-state index contributed by atoms with van der Waals surface area (Å²) in [6, 6.07) is 7.09. The maximum atomic E-state index is 12.9. The molecule has 6 nitrogen and oxygen atoms in total. The highest BCUT2D eigenvalue weighted by Gasteiger charge is 2.27. The number of sulfonamides is 1. The number of hydrogen-bond acceptors (Lipinski definition) is 5. The SMILES string of the molecule is Cc1ccc(S(=O)(=O)N2CCCN(c3ncccn3)CC2)cc1C. The van der Waals surface area contributed by atoms with Crippen molar-refractivity contribution in [2.75, 3.05) is 31.1 Å². The third kappa shape index (κ3) is 3.42. The molecule has 1 aromatic carbocycles. The Hall–Kier alpha value is -1.99. The van der Waals surface area contributed by atoms with Crippen LogP contribution in [0.2, 0.25) is 0 Å². The first kappa shape index (κ1) is 16.9. The van der Waals surface area contributed by atoms with Gasteiger partial charge in [-0.1, -0.05) is 6.07 Å². The number of anilines is 1. The summed E-state index contributed by atoms with van der Waals surface area (Å²) < 4.78 is 27.4. The third-order valence-corrected chi connectivity index (χ3v) is 6.30. The van der Waals surface area contributed by atoms with Crippen molar-refractivity contribution in [2.45, 2.75) is 25.2 Å². The molecule has 0 spiro atoms. The predicted molar refractivity (Wildman–Crippen MR) is 93.5 cm³/mol. The lowest BCUT2D eigenvalue weighted by atomic mass is 10.1. The highest BCUT2D eigenvalue weighted by molar-refractivity contribution is 7.89. The van der Waals surface area contributed by atoms with E-state index < -0.39 is 10.0 Å². The van der Waals surface area contributed by atoms with Crippen LogP contribution < -0.4 is 4.90 Å². The van der Waals surface area contributed by atoms with Crippen LogP contribution >= 0.6 is 0 Å². The second-order valence-corrected chi connectivity index (χ2v) is 7.98. The van der Waals surface area contributed by atoms with Crippen LogP contribution in [-0.4, -0.2) is 48.9 Å². The van der Waals surface area contributed by atoms with Crippen LogP contribution in [0, 0.1) is 13.8 Å². The molecule has 1 aromatic heterocycles. The van der Waals surface area contributed by atoms with Gasteiger partial charge in [0.25, 0.3) is 0 Å². The molecule has 1 fully saturated rings. The first-order valence-corrected chi connectivity index (χ1v) is 9.52. The molecule has 1 aliphatic rings. The molecular weight excluding hydrogens is 324 g/mol. The van der Waals surface area contributed by atoms with Crippen LogP contribution in [-0.2, 0) is 10.0 Å². The lowest BCUT2D eigenvalue weighted by Gasteiger charge is -2.22. The summed E-state index contributed by atoms with van der Waals surface area (Å²) in [6.45, 7) is 6.21. The second-order valence-electron chi connectivity index (χ2n) is 6.04. The van der Waals surface area contributed by atoms with Crippen molar-refractivity contribution in [1.82, 2.24) is 14.3 Å². The molecule has 1 aliphatic heterocycles. The molecule has 0 amide bonds. The average molecular weight is 346 g/mol. The van der Waals surface area contributed by atoms with E-state index in [0.29, 0.717) is 30.5 Å². The molecule has 24 heavy (non-hydrogen) atoms. The highest BCUT2D eigenvalue weighted by atomic mass is 32.2. The molecule has 0 atom stereocenters. The fourth-order valence-corrected chi connectivity index (χ4v) is 4.37. The number of rotatable bonds is 3. The molecule has 0 radical (unpaired) electrons. The van der Waals surface area contributed by atoms with Gasteiger partial charge in [-0.15, -0.1) is 0 Å². The molecule has 0 aliphatic carbocycles. The normalized spacial score (nSPS) is 16.8. The Bertz CT molecular complexity index is 809. The lowest BCUT2D eigenvalue weighted by molar-refractivity contribution is 0.433. The first-order valence-electron chi connectivity index (χ1n) is 8.08. The molecule has 128 valence electrons. The van der Waals surface area contributed by atoms with Crippen molar-refractivity contribution >= 4 is 16.0 Å². The van der Waals surface area contributed by atoms with Gasteiger partial charge in [-0.3, -0.25) is 0 Å². The summed E-state index contributed by atoms with van der Waals surface area (Å²) in [7, 11) is -3.46. The van der Waals surface area contributed by atoms with E-state index in [-0.39, 0.29) is 0 Å². The standard InChI is InChI=1S/C17H22N4O2S/c1-14-5-6-16(13-15(14)2)24(22,23)21-10-4-9-20(11-12-21)17-18-7-3-8-19-17/h3,5-8,13H,4,9-12H2,1-2H3. The fourth-order valence-electron chi connectivity index (χ4n) is 2.81. The summed E-state index contributed by atoms with van der Waals surface area (Å²) in [4.78, 5) is 10.9. The molecule has 0 saturated carbocycles. The van der Waals surface area contributed by atoms with E-state index in [9.17, 15) is 8.42 Å². The van der Waals surface area contributed by atoms with Gasteiger partial charge in [0.15, 0.2) is 0 Å². The predicted octanol–water partition coefficient (Wildman–Crippen LogP) is 1.99. The number of hydrogen-bond donors (Lipinski definition) is 0. The van der Waals surface area contributed by atoms with E-state index >= 15 is 0 Å². The molecule has 1 saturated heterocycles. The Morgan fingerprint density at radius 1 is 0.958 bits per heavy atom. The van der Waals surface area contributed by atoms with Crippen molar-refractivity contribution in [3.8, 4) is 0 Å². The Morgan fingerprint density at radius 2 is 1.71 bits per heavy atom. The minimum atomic E-state index is -3.46. The largest absolute Gasteiger partial charge is 0.339 e. The average Bonchev–Trinajstić information content (AvgIpc) is 2.84. The third-order valence-electron chi connectivity index (χ3n) is 4.41. The maximum absolute atomic E-state index is 12.9. The number of aromatic nitrogens is 2. The Balaban J connectivity index is 1.79. The number of nitrogens with zero attached hydrogens (tertiary/aromatic N) is 4. The summed E-state index contributed by atoms with van der Waals surface area (Å²) in [5.41, 5.74) is 2.09. The minimum Gasteiger partial charge on any atom is -0.339 e. The maximum Gasteiger partial charge on any atom is 0.243 e. The van der Waals surface area contributed by atoms with Crippen LogP contribution in [0.1, 0.15) is 17.5 Å². The van der Waals surface area contributed by atoms with Crippen molar-refractivity contribution in [1.29, 1.82) is 0 Å². The first-order chi connectivity index (χ1) is 11.5. The van der Waals surface area contributed by atoms with E-state index in [0.717, 1.165) is 24.1 Å². The molecule has 2 heterocycles. The minimum absolute atomic E-state index is 0.370. The Morgan fingerprint density at radius 3 is 2.42 bits per heavy atom. The van der Waals surface area contributed by atoms with Gasteiger partial charge in [-0.25, -0.2) is 18.4 Å². The van der Waals surface area contributed by atoms with Crippen LogP contribution in [0.3, 0.4) is 0 Å². The van der Waals surface area contributed by atoms with E-state index in [1.165, 1.54) is 0 Å². The summed E-state index contributed by atoms with van der Waals surface area (Å²) >= 11 is 0. The fraction of sp³-hybridized carbons (Fsp3) is 0.412. The van der Waals surface area contributed by atoms with Crippen LogP contribution in [0.5, 0.6) is 0 Å². The van der Waals surface area contributed by atoms with Gasteiger partial charge in [0.1, 0.15) is 0 Å². The zero-order chi connectivity index (χ0) is 17.2. The topological polar surface area (TPSA) is 66.4 Å². The quantitative estimate of drug-likeness (QED) is 0.850. The second kappa shape index (κ2) is 6.86. The van der Waals surface area contributed by atoms with E-state index in [1.807, 2.05) is 24.8 Å². The van der Waals surface area contributed by atoms with Gasteiger partial charge in [0.05, 0.1) is 4.90 Å². The molecule has 0 N–H and O–H groups in total. The highest BCUT2D eigenvalue weighted by Crippen LogP contribution is 2.21. The number of aryl methyl sites for hydroxylation is 2. The van der Waals surface area contributed by atoms with Gasteiger partial charge in [-0.05, 0) is 49.6 Å². The van der Waals surface area contributed by atoms with Gasteiger partial charge < -0.3 is 4.90 Å². The zero-order valence-electron chi connectivity index (χ0n) is 14.0. The smallest absolute Gasteiger partial charge is 0.243 e. The van der Waals surface area contributed by atoms with Crippen molar-refractivity contribution < 1.29 is 8.42 Å². The van der Waals surface area contributed by atoms with Crippen LogP contribution in [0.4, 0.5) is 5.95 Å². The molecule has 3 rings (SSSR count). The summed E-state index contributed by atoms with van der Waals surface area (Å²) in [5.74, 6) is 0.655. The molecule has 7 heteroatoms. The Kier molecular flexibility index (Phi) is 4.82. The summed E-state index contributed by atoms with van der Waals surface area (Å²) in [5, 5.41) is 0. The molecule has 0 bridgehead atoms. The monoisotopic (exact) mass is 346 g/mol. The molecule has 0 unspecified atom stereocenters.